The maximum absolute atomic E-state index is 12.3. The van der Waals surface area contributed by atoms with Crippen LogP contribution in [0.5, 0.6) is 0 Å². The number of urea groups is 1. The molecule has 174 valence electrons. The fourth-order valence-corrected chi connectivity index (χ4v) is 3.96. The topological polar surface area (TPSA) is 99.7 Å². The molecule has 0 aliphatic carbocycles. The van der Waals surface area contributed by atoms with Crippen molar-refractivity contribution in [1.29, 1.82) is 0 Å². The molecular formula is C22H32N6O3S. The average molecular weight is 461 g/mol. The number of carbonyl (C=O) groups is 2. The van der Waals surface area contributed by atoms with E-state index in [4.69, 9.17) is 4.74 Å². The quantitative estimate of drug-likeness (QED) is 0.698. The lowest BCUT2D eigenvalue weighted by atomic mass is 9.93. The first-order valence-corrected chi connectivity index (χ1v) is 11.5. The van der Waals surface area contributed by atoms with E-state index in [1.54, 1.807) is 11.1 Å². The third-order valence-corrected chi connectivity index (χ3v) is 5.51. The number of ether oxygens (including phenoxy) is 1. The highest BCUT2D eigenvalue weighted by molar-refractivity contribution is 7.14. The van der Waals surface area contributed by atoms with Crippen molar-refractivity contribution in [2.45, 2.75) is 52.6 Å². The summed E-state index contributed by atoms with van der Waals surface area (Å²) in [5.74, 6) is 0.800. The Kier molecular flexibility index (Phi) is 6.92. The van der Waals surface area contributed by atoms with Crippen LogP contribution in [0.1, 0.15) is 47.2 Å². The van der Waals surface area contributed by atoms with Crippen LogP contribution >= 0.6 is 11.3 Å². The zero-order valence-corrected chi connectivity index (χ0v) is 20.4. The molecule has 1 aliphatic rings. The summed E-state index contributed by atoms with van der Waals surface area (Å²) in [7, 11) is 0. The Labute approximate surface area is 193 Å². The second-order valence-electron chi connectivity index (χ2n) is 9.73. The van der Waals surface area contributed by atoms with Crippen LogP contribution in [0.4, 0.5) is 26.2 Å². The van der Waals surface area contributed by atoms with Crippen LogP contribution in [0.3, 0.4) is 0 Å². The minimum Gasteiger partial charge on any atom is -0.444 e. The van der Waals surface area contributed by atoms with Gasteiger partial charge in [0.25, 0.3) is 0 Å². The molecule has 0 atom stereocenters. The standard InChI is InChI=1S/C22H32N6O3S/c1-21(2,3)16-14-32-19(25-16)26-18(29)24-15-7-8-17(23-13-15)27-9-11-28(12-10-27)20(30)31-22(4,5)6/h7-8,13-14H,9-12H2,1-6H3,(H2,24,25,26,29). The van der Waals surface area contributed by atoms with Crippen molar-refractivity contribution in [3.05, 3.63) is 29.4 Å². The Balaban J connectivity index is 1.49. The molecule has 0 spiro atoms. The van der Waals surface area contributed by atoms with Gasteiger partial charge in [-0.1, -0.05) is 20.8 Å². The van der Waals surface area contributed by atoms with Crippen molar-refractivity contribution in [1.82, 2.24) is 14.9 Å². The average Bonchev–Trinajstić information content (AvgIpc) is 3.16. The third-order valence-electron chi connectivity index (χ3n) is 4.75. The summed E-state index contributed by atoms with van der Waals surface area (Å²) >= 11 is 1.40. The van der Waals surface area contributed by atoms with Crippen LogP contribution < -0.4 is 15.5 Å². The van der Waals surface area contributed by atoms with Crippen LogP contribution in [0, 0.1) is 0 Å². The summed E-state index contributed by atoms with van der Waals surface area (Å²) in [6.07, 6.45) is 1.34. The van der Waals surface area contributed by atoms with Gasteiger partial charge in [0.2, 0.25) is 0 Å². The normalized spacial score (nSPS) is 14.8. The summed E-state index contributed by atoms with van der Waals surface area (Å²) in [6.45, 7) is 14.3. The molecule has 2 aromatic rings. The molecule has 3 rings (SSSR count). The van der Waals surface area contributed by atoms with Crippen LogP contribution in [0.15, 0.2) is 23.7 Å². The molecule has 32 heavy (non-hydrogen) atoms. The number of hydrogen-bond acceptors (Lipinski definition) is 7. The number of thiazole rings is 1. The molecule has 2 aromatic heterocycles. The van der Waals surface area contributed by atoms with Crippen LogP contribution in [-0.2, 0) is 10.2 Å². The minimum absolute atomic E-state index is 0.0644. The first kappa shape index (κ1) is 23.8. The Morgan fingerprint density at radius 2 is 1.72 bits per heavy atom. The first-order chi connectivity index (χ1) is 14.9. The van der Waals surface area contributed by atoms with E-state index >= 15 is 0 Å². The second kappa shape index (κ2) is 9.32. The van der Waals surface area contributed by atoms with Gasteiger partial charge in [0, 0.05) is 37.0 Å². The Bertz CT molecular complexity index is 938. The third kappa shape index (κ3) is 6.56. The number of aromatic nitrogens is 2. The van der Waals surface area contributed by atoms with E-state index in [-0.39, 0.29) is 17.5 Å². The van der Waals surface area contributed by atoms with E-state index in [2.05, 4.69) is 46.3 Å². The van der Waals surface area contributed by atoms with Crippen molar-refractivity contribution in [2.24, 2.45) is 0 Å². The van der Waals surface area contributed by atoms with Gasteiger partial charge in [-0.3, -0.25) is 5.32 Å². The zero-order chi connectivity index (χ0) is 23.5. The molecule has 2 N–H and O–H groups in total. The van der Waals surface area contributed by atoms with E-state index < -0.39 is 5.60 Å². The van der Waals surface area contributed by atoms with Crippen molar-refractivity contribution >= 4 is 40.1 Å². The predicted molar refractivity (Wildman–Crippen MR) is 128 cm³/mol. The fraction of sp³-hybridized carbons (Fsp3) is 0.545. The van der Waals surface area contributed by atoms with Gasteiger partial charge in [-0.25, -0.2) is 19.6 Å². The zero-order valence-electron chi connectivity index (χ0n) is 19.6. The van der Waals surface area contributed by atoms with Gasteiger partial charge in [0.1, 0.15) is 11.4 Å². The lowest BCUT2D eigenvalue weighted by Crippen LogP contribution is -2.50. The van der Waals surface area contributed by atoms with Gasteiger partial charge in [-0.15, -0.1) is 11.3 Å². The molecule has 0 aromatic carbocycles. The van der Waals surface area contributed by atoms with Crippen molar-refractivity contribution < 1.29 is 14.3 Å². The number of rotatable bonds is 3. The second-order valence-corrected chi connectivity index (χ2v) is 10.6. The SMILES string of the molecule is CC(C)(C)OC(=O)N1CCN(c2ccc(NC(=O)Nc3nc(C(C)(C)C)cs3)cn2)CC1. The van der Waals surface area contributed by atoms with Crippen LogP contribution in [0.2, 0.25) is 0 Å². The number of hydrogen-bond donors (Lipinski definition) is 2. The molecule has 1 fully saturated rings. The Hall–Kier alpha value is -2.88. The molecule has 3 amide bonds. The summed E-state index contributed by atoms with van der Waals surface area (Å²) in [5, 5.41) is 8.05. The smallest absolute Gasteiger partial charge is 0.410 e. The number of nitrogens with zero attached hydrogens (tertiary/aromatic N) is 4. The van der Waals surface area contributed by atoms with Crippen molar-refractivity contribution in [3.8, 4) is 0 Å². The van der Waals surface area contributed by atoms with E-state index in [9.17, 15) is 9.59 Å². The number of nitrogens with one attached hydrogen (secondary N) is 2. The molecule has 10 heteroatoms. The molecule has 0 saturated carbocycles. The highest BCUT2D eigenvalue weighted by Crippen LogP contribution is 2.26. The summed E-state index contributed by atoms with van der Waals surface area (Å²) in [6, 6.07) is 3.31. The lowest BCUT2D eigenvalue weighted by Gasteiger charge is -2.36. The lowest BCUT2D eigenvalue weighted by molar-refractivity contribution is 0.0240. The minimum atomic E-state index is -0.501. The van der Waals surface area contributed by atoms with Gasteiger partial charge in [-0.05, 0) is 32.9 Å². The highest BCUT2D eigenvalue weighted by Gasteiger charge is 2.26. The highest BCUT2D eigenvalue weighted by atomic mass is 32.1. The van der Waals surface area contributed by atoms with Crippen LogP contribution in [-0.4, -0.2) is 58.8 Å². The van der Waals surface area contributed by atoms with E-state index in [0.717, 1.165) is 11.5 Å². The van der Waals surface area contributed by atoms with E-state index in [1.807, 2.05) is 38.3 Å². The Morgan fingerprint density at radius 1 is 1.03 bits per heavy atom. The van der Waals surface area contributed by atoms with E-state index in [0.29, 0.717) is 37.0 Å². The van der Waals surface area contributed by atoms with Crippen molar-refractivity contribution in [3.63, 3.8) is 0 Å². The van der Waals surface area contributed by atoms with Crippen molar-refractivity contribution in [2.75, 3.05) is 41.7 Å². The van der Waals surface area contributed by atoms with Crippen LogP contribution in [0.25, 0.3) is 0 Å². The Morgan fingerprint density at radius 3 is 2.25 bits per heavy atom. The van der Waals surface area contributed by atoms with Gasteiger partial charge in [0.05, 0.1) is 17.6 Å². The first-order valence-electron chi connectivity index (χ1n) is 10.6. The number of carbonyl (C=O) groups excluding carboxylic acids is 2. The fourth-order valence-electron chi connectivity index (χ4n) is 3.03. The van der Waals surface area contributed by atoms with Gasteiger partial charge in [0.15, 0.2) is 5.13 Å². The van der Waals surface area contributed by atoms with Gasteiger partial charge < -0.3 is 19.9 Å². The number of pyridine rings is 1. The molecule has 1 aliphatic heterocycles. The molecule has 9 nitrogen and oxygen atoms in total. The number of anilines is 3. The molecule has 0 unspecified atom stereocenters. The number of piperazine rings is 1. The molecule has 0 radical (unpaired) electrons. The molecule has 3 heterocycles. The maximum atomic E-state index is 12.3. The summed E-state index contributed by atoms with van der Waals surface area (Å²) in [5.41, 5.74) is 0.964. The van der Waals surface area contributed by atoms with E-state index in [1.165, 1.54) is 11.3 Å². The van der Waals surface area contributed by atoms with Gasteiger partial charge >= 0.3 is 12.1 Å². The monoisotopic (exact) mass is 460 g/mol. The largest absolute Gasteiger partial charge is 0.444 e. The van der Waals surface area contributed by atoms with Gasteiger partial charge in [-0.2, -0.15) is 0 Å². The molecular weight excluding hydrogens is 428 g/mol. The number of amides is 3. The molecule has 0 bridgehead atoms. The summed E-state index contributed by atoms with van der Waals surface area (Å²) in [4.78, 5) is 37.2. The molecule has 1 saturated heterocycles. The predicted octanol–water partition coefficient (Wildman–Crippen LogP) is 4.54. The summed E-state index contributed by atoms with van der Waals surface area (Å²) < 4.78 is 5.43. The maximum Gasteiger partial charge on any atom is 0.410 e.